The van der Waals surface area contributed by atoms with E-state index in [-0.39, 0.29) is 11.6 Å². The molecule has 0 unspecified atom stereocenters. The van der Waals surface area contributed by atoms with Gasteiger partial charge in [-0.1, -0.05) is 98.0 Å². The van der Waals surface area contributed by atoms with Gasteiger partial charge in [-0.3, -0.25) is 0 Å². The third-order valence-corrected chi connectivity index (χ3v) is 7.79. The van der Waals surface area contributed by atoms with Crippen LogP contribution in [0.3, 0.4) is 0 Å². The Hall–Kier alpha value is -4.48. The second-order valence-corrected chi connectivity index (χ2v) is 11.1. The Kier molecular flexibility index (Phi) is 9.30. The van der Waals surface area contributed by atoms with E-state index in [1.54, 1.807) is 6.07 Å². The molecule has 0 nitrogen and oxygen atoms in total. The highest BCUT2D eigenvalue weighted by Gasteiger charge is 2.10. The van der Waals surface area contributed by atoms with Crippen LogP contribution in [0.25, 0.3) is 22.3 Å². The molecule has 0 amide bonds. The predicted octanol–water partition coefficient (Wildman–Crippen LogP) is 10.4. The van der Waals surface area contributed by atoms with Gasteiger partial charge < -0.3 is 0 Å². The largest absolute Gasteiger partial charge is 0.206 e. The second kappa shape index (κ2) is 13.5. The number of halogens is 2. The summed E-state index contributed by atoms with van der Waals surface area (Å²) in [6.07, 6.45) is 5.53. The van der Waals surface area contributed by atoms with Crippen LogP contribution in [0.2, 0.25) is 0 Å². The fourth-order valence-corrected chi connectivity index (χ4v) is 5.16. The molecule has 0 saturated carbocycles. The molecule has 5 aromatic rings. The fourth-order valence-electron chi connectivity index (χ4n) is 5.16. The Morgan fingerprint density at radius 3 is 1.71 bits per heavy atom. The van der Waals surface area contributed by atoms with Gasteiger partial charge in [0.05, 0.1) is 0 Å². The average Bonchev–Trinajstić information content (AvgIpc) is 3.00. The van der Waals surface area contributed by atoms with Gasteiger partial charge in [0, 0.05) is 22.3 Å². The Bertz CT molecular complexity index is 1720. The fraction of sp³-hybridized carbons (Fsp3) is 0.200. The van der Waals surface area contributed by atoms with Crippen molar-refractivity contribution in [2.45, 2.75) is 52.9 Å². The van der Waals surface area contributed by atoms with E-state index in [1.165, 1.54) is 41.7 Å². The first kappa shape index (κ1) is 29.0. The number of aryl methyl sites for hydroxylation is 5. The molecular weight excluding hydrogens is 518 g/mol. The third-order valence-electron chi connectivity index (χ3n) is 7.79. The summed E-state index contributed by atoms with van der Waals surface area (Å²) in [6.45, 7) is 6.05. The van der Waals surface area contributed by atoms with Crippen molar-refractivity contribution in [1.29, 1.82) is 0 Å². The average molecular weight is 555 g/mol. The molecule has 42 heavy (non-hydrogen) atoms. The van der Waals surface area contributed by atoms with E-state index < -0.39 is 0 Å². The monoisotopic (exact) mass is 554 g/mol. The molecule has 0 aromatic heterocycles. The molecule has 0 heterocycles. The van der Waals surface area contributed by atoms with Crippen molar-refractivity contribution in [3.05, 3.63) is 154 Å². The van der Waals surface area contributed by atoms with Gasteiger partial charge in [0.2, 0.25) is 0 Å². The molecule has 0 bridgehead atoms. The van der Waals surface area contributed by atoms with Crippen molar-refractivity contribution in [3.8, 4) is 34.1 Å². The summed E-state index contributed by atoms with van der Waals surface area (Å²) in [5.74, 6) is 5.72. The van der Waals surface area contributed by atoms with Crippen LogP contribution in [0.15, 0.2) is 103 Å². The SMILES string of the molecule is CCCCc1ccc(CCc2ccc(-c3cc(C)c(C#Cc4ccc(-c5ccc(C)cc5F)cc4)cc3F)cc2)cc1. The van der Waals surface area contributed by atoms with Crippen LogP contribution in [0.1, 0.15) is 58.7 Å². The Morgan fingerprint density at radius 2 is 1.10 bits per heavy atom. The molecule has 0 fully saturated rings. The maximum Gasteiger partial charge on any atom is 0.132 e. The number of rotatable bonds is 8. The van der Waals surface area contributed by atoms with Crippen molar-refractivity contribution in [2.75, 3.05) is 0 Å². The smallest absolute Gasteiger partial charge is 0.132 e. The van der Waals surface area contributed by atoms with Crippen LogP contribution >= 0.6 is 0 Å². The Balaban J connectivity index is 1.24. The molecular formula is C40H36F2. The molecule has 0 N–H and O–H groups in total. The van der Waals surface area contributed by atoms with Crippen LogP contribution < -0.4 is 0 Å². The third kappa shape index (κ3) is 7.23. The summed E-state index contributed by atoms with van der Waals surface area (Å²) in [7, 11) is 0. The summed E-state index contributed by atoms with van der Waals surface area (Å²) in [5.41, 5.74) is 10.0. The van der Waals surface area contributed by atoms with Crippen LogP contribution in [0, 0.1) is 37.3 Å². The van der Waals surface area contributed by atoms with Gasteiger partial charge >= 0.3 is 0 Å². The lowest BCUT2D eigenvalue weighted by Crippen LogP contribution is -1.94. The number of hydrogen-bond donors (Lipinski definition) is 0. The molecule has 0 saturated heterocycles. The van der Waals surface area contributed by atoms with Crippen molar-refractivity contribution in [2.24, 2.45) is 0 Å². The highest BCUT2D eigenvalue weighted by molar-refractivity contribution is 5.68. The van der Waals surface area contributed by atoms with Gasteiger partial charge in [-0.25, -0.2) is 8.78 Å². The lowest BCUT2D eigenvalue weighted by molar-refractivity contribution is 0.630. The lowest BCUT2D eigenvalue weighted by Gasteiger charge is -2.09. The van der Waals surface area contributed by atoms with Gasteiger partial charge in [0.1, 0.15) is 11.6 Å². The van der Waals surface area contributed by atoms with E-state index >= 15 is 4.39 Å². The molecule has 0 radical (unpaired) electrons. The first-order valence-corrected chi connectivity index (χ1v) is 14.8. The van der Waals surface area contributed by atoms with Gasteiger partial charge in [-0.05, 0) is 109 Å². The summed E-state index contributed by atoms with van der Waals surface area (Å²) in [6, 6.07) is 33.3. The summed E-state index contributed by atoms with van der Waals surface area (Å²) >= 11 is 0. The molecule has 5 rings (SSSR count). The van der Waals surface area contributed by atoms with Crippen molar-refractivity contribution >= 4 is 0 Å². The zero-order valence-electron chi connectivity index (χ0n) is 24.6. The summed E-state index contributed by atoms with van der Waals surface area (Å²) in [5, 5.41) is 0. The van der Waals surface area contributed by atoms with Gasteiger partial charge in [-0.2, -0.15) is 0 Å². The molecule has 0 aliphatic rings. The molecule has 0 spiro atoms. The van der Waals surface area contributed by atoms with E-state index in [0.29, 0.717) is 16.7 Å². The molecule has 0 aliphatic heterocycles. The Labute approximate surface area is 249 Å². The summed E-state index contributed by atoms with van der Waals surface area (Å²) in [4.78, 5) is 0. The lowest BCUT2D eigenvalue weighted by atomic mass is 9.96. The Morgan fingerprint density at radius 1 is 0.548 bits per heavy atom. The molecule has 5 aromatic carbocycles. The molecule has 0 atom stereocenters. The molecule has 210 valence electrons. The second-order valence-electron chi connectivity index (χ2n) is 11.1. The quantitative estimate of drug-likeness (QED) is 0.167. The van der Waals surface area contributed by atoms with Crippen LogP contribution in [0.5, 0.6) is 0 Å². The number of unbranched alkanes of at least 4 members (excludes halogenated alkanes) is 1. The molecule has 2 heteroatoms. The van der Waals surface area contributed by atoms with E-state index in [4.69, 9.17) is 0 Å². The van der Waals surface area contributed by atoms with Crippen LogP contribution in [0.4, 0.5) is 8.78 Å². The van der Waals surface area contributed by atoms with Gasteiger partial charge in [-0.15, -0.1) is 0 Å². The van der Waals surface area contributed by atoms with E-state index in [9.17, 15) is 4.39 Å². The maximum atomic E-state index is 15.2. The molecule has 0 aliphatic carbocycles. The first-order valence-electron chi connectivity index (χ1n) is 14.8. The highest BCUT2D eigenvalue weighted by atomic mass is 19.1. The van der Waals surface area contributed by atoms with Crippen molar-refractivity contribution in [3.63, 3.8) is 0 Å². The van der Waals surface area contributed by atoms with Crippen LogP contribution in [-0.2, 0) is 19.3 Å². The minimum absolute atomic E-state index is 0.238. The van der Waals surface area contributed by atoms with Gasteiger partial charge in [0.15, 0.2) is 0 Å². The standard InChI is InChI=1S/C40H36F2/c1-4-5-6-30-8-10-31(11-9-30)12-13-32-16-21-35(22-17-32)38-26-29(3)36(27-40(38)42)23-18-33-14-19-34(20-15-33)37-24-7-28(2)25-39(37)41/h7-11,14-17,19-22,24-27H,4-6,12-13H2,1-3H3. The van der Waals surface area contributed by atoms with E-state index in [1.807, 2.05) is 62.4 Å². The topological polar surface area (TPSA) is 0 Å². The predicted molar refractivity (Wildman–Crippen MR) is 172 cm³/mol. The highest BCUT2D eigenvalue weighted by Crippen LogP contribution is 2.27. The van der Waals surface area contributed by atoms with Crippen LogP contribution in [-0.4, -0.2) is 0 Å². The van der Waals surface area contributed by atoms with Crippen molar-refractivity contribution < 1.29 is 8.78 Å². The number of benzene rings is 5. The normalized spacial score (nSPS) is 10.8. The van der Waals surface area contributed by atoms with Gasteiger partial charge in [0.25, 0.3) is 0 Å². The zero-order chi connectivity index (χ0) is 29.5. The minimum atomic E-state index is -0.286. The van der Waals surface area contributed by atoms with Crippen molar-refractivity contribution in [1.82, 2.24) is 0 Å². The van der Waals surface area contributed by atoms with E-state index in [0.717, 1.165) is 47.1 Å². The minimum Gasteiger partial charge on any atom is -0.206 e. The van der Waals surface area contributed by atoms with E-state index in [2.05, 4.69) is 55.2 Å². The maximum absolute atomic E-state index is 15.2. The number of hydrogen-bond acceptors (Lipinski definition) is 0. The first-order chi connectivity index (χ1) is 20.4. The zero-order valence-corrected chi connectivity index (χ0v) is 24.6. The summed E-state index contributed by atoms with van der Waals surface area (Å²) < 4.78 is 29.6.